The number of carbonyl (C=O) groups is 1. The summed E-state index contributed by atoms with van der Waals surface area (Å²) in [6, 6.07) is 10.1. The molecule has 0 atom stereocenters. The van der Waals surface area contributed by atoms with Crippen molar-refractivity contribution in [3.63, 3.8) is 0 Å². The topological polar surface area (TPSA) is 72.2 Å². The second-order valence-electron chi connectivity index (χ2n) is 4.24. The third kappa shape index (κ3) is 2.97. The summed E-state index contributed by atoms with van der Waals surface area (Å²) in [6.45, 7) is 1.91. The number of benzene rings is 2. The zero-order valence-corrected chi connectivity index (χ0v) is 10.6. The highest BCUT2D eigenvalue weighted by atomic mass is 19.1. The van der Waals surface area contributed by atoms with Gasteiger partial charge in [0, 0.05) is 17.3 Å². The number of nitrogens with zero attached hydrogens (tertiary/aromatic N) is 1. The third-order valence-electron chi connectivity index (χ3n) is 2.71. The van der Waals surface area contributed by atoms with Gasteiger partial charge in [-0.2, -0.15) is 4.39 Å². The Hall–Kier alpha value is -2.76. The fourth-order valence-corrected chi connectivity index (χ4v) is 1.63. The molecule has 2 aromatic rings. The van der Waals surface area contributed by atoms with E-state index in [1.807, 2.05) is 19.1 Å². The summed E-state index contributed by atoms with van der Waals surface area (Å²) in [5, 5.41) is 13.2. The maximum atomic E-state index is 13.2. The Kier molecular flexibility index (Phi) is 3.74. The first kappa shape index (κ1) is 13.7. The number of anilines is 1. The minimum Gasteiger partial charge on any atom is -0.322 e. The van der Waals surface area contributed by atoms with Gasteiger partial charge >= 0.3 is 5.69 Å². The number of amides is 1. The van der Waals surface area contributed by atoms with E-state index in [0.717, 1.165) is 17.7 Å². The summed E-state index contributed by atoms with van der Waals surface area (Å²) >= 11 is 0. The predicted octanol–water partition coefficient (Wildman–Crippen LogP) is 3.29. The predicted molar refractivity (Wildman–Crippen MR) is 72.2 cm³/mol. The second kappa shape index (κ2) is 5.48. The molecule has 1 amide bonds. The van der Waals surface area contributed by atoms with Crippen LogP contribution in [0.4, 0.5) is 15.8 Å². The fourth-order valence-electron chi connectivity index (χ4n) is 1.63. The quantitative estimate of drug-likeness (QED) is 0.689. The smallest absolute Gasteiger partial charge is 0.305 e. The molecule has 0 aliphatic carbocycles. The van der Waals surface area contributed by atoms with Gasteiger partial charge in [0.2, 0.25) is 5.82 Å². The molecule has 0 unspecified atom stereocenters. The van der Waals surface area contributed by atoms with Crippen LogP contribution in [0.15, 0.2) is 42.5 Å². The van der Waals surface area contributed by atoms with Crippen LogP contribution < -0.4 is 5.32 Å². The summed E-state index contributed by atoms with van der Waals surface area (Å²) in [7, 11) is 0. The highest BCUT2D eigenvalue weighted by Crippen LogP contribution is 2.19. The molecule has 0 bridgehead atoms. The van der Waals surface area contributed by atoms with Crippen LogP contribution in [0.5, 0.6) is 0 Å². The first-order chi connectivity index (χ1) is 9.47. The van der Waals surface area contributed by atoms with E-state index in [1.165, 1.54) is 6.07 Å². The normalized spacial score (nSPS) is 10.1. The summed E-state index contributed by atoms with van der Waals surface area (Å²) in [5.41, 5.74) is 0.910. The van der Waals surface area contributed by atoms with Crippen LogP contribution >= 0.6 is 0 Å². The molecule has 0 spiro atoms. The van der Waals surface area contributed by atoms with Crippen molar-refractivity contribution in [3.05, 3.63) is 69.5 Å². The SMILES string of the molecule is Cc1ccc(NC(=O)c2ccc(F)c([N+](=O)[O-])c2)cc1. The standard InChI is InChI=1S/C14H11FN2O3/c1-9-2-5-11(6-3-9)16-14(18)10-4-7-12(15)13(8-10)17(19)20/h2-8H,1H3,(H,16,18). The Bertz CT molecular complexity index is 669. The number of nitro groups is 1. The van der Waals surface area contributed by atoms with Gasteiger partial charge in [0.15, 0.2) is 0 Å². The van der Waals surface area contributed by atoms with Gasteiger partial charge in [0.05, 0.1) is 4.92 Å². The number of carbonyl (C=O) groups excluding carboxylic acids is 1. The van der Waals surface area contributed by atoms with Gasteiger partial charge in [-0.05, 0) is 31.2 Å². The molecule has 0 aliphatic rings. The maximum absolute atomic E-state index is 13.2. The van der Waals surface area contributed by atoms with Gasteiger partial charge in [0.1, 0.15) is 0 Å². The lowest BCUT2D eigenvalue weighted by molar-refractivity contribution is -0.387. The lowest BCUT2D eigenvalue weighted by Crippen LogP contribution is -2.12. The Morgan fingerprint density at radius 3 is 2.45 bits per heavy atom. The van der Waals surface area contributed by atoms with E-state index in [-0.39, 0.29) is 5.56 Å². The number of nitrogens with one attached hydrogen (secondary N) is 1. The van der Waals surface area contributed by atoms with Crippen molar-refractivity contribution in [1.29, 1.82) is 0 Å². The van der Waals surface area contributed by atoms with E-state index >= 15 is 0 Å². The number of rotatable bonds is 3. The number of halogens is 1. The molecular formula is C14H11FN2O3. The van der Waals surface area contributed by atoms with Gasteiger partial charge in [-0.15, -0.1) is 0 Å². The van der Waals surface area contributed by atoms with Crippen LogP contribution in [0.3, 0.4) is 0 Å². The number of hydrogen-bond donors (Lipinski definition) is 1. The number of aryl methyl sites for hydroxylation is 1. The van der Waals surface area contributed by atoms with Crippen molar-refractivity contribution in [2.75, 3.05) is 5.32 Å². The Balaban J connectivity index is 2.23. The molecule has 0 aliphatic heterocycles. The Labute approximate surface area is 114 Å². The third-order valence-corrected chi connectivity index (χ3v) is 2.71. The van der Waals surface area contributed by atoms with E-state index in [1.54, 1.807) is 12.1 Å². The number of hydrogen-bond acceptors (Lipinski definition) is 3. The van der Waals surface area contributed by atoms with Crippen molar-refractivity contribution in [1.82, 2.24) is 0 Å². The monoisotopic (exact) mass is 274 g/mol. The molecular weight excluding hydrogens is 263 g/mol. The molecule has 1 N–H and O–H groups in total. The summed E-state index contributed by atoms with van der Waals surface area (Å²) in [6.07, 6.45) is 0. The molecule has 0 saturated carbocycles. The average molecular weight is 274 g/mol. The highest BCUT2D eigenvalue weighted by Gasteiger charge is 2.17. The zero-order valence-electron chi connectivity index (χ0n) is 10.6. The number of nitro benzene ring substituents is 1. The Morgan fingerprint density at radius 2 is 1.85 bits per heavy atom. The van der Waals surface area contributed by atoms with Gasteiger partial charge in [-0.1, -0.05) is 17.7 Å². The van der Waals surface area contributed by atoms with Gasteiger partial charge in [-0.3, -0.25) is 14.9 Å². The van der Waals surface area contributed by atoms with E-state index < -0.39 is 22.3 Å². The summed E-state index contributed by atoms with van der Waals surface area (Å²) < 4.78 is 13.2. The molecule has 2 rings (SSSR count). The second-order valence-corrected chi connectivity index (χ2v) is 4.24. The molecule has 6 heteroatoms. The van der Waals surface area contributed by atoms with Gasteiger partial charge in [0.25, 0.3) is 5.91 Å². The highest BCUT2D eigenvalue weighted by molar-refractivity contribution is 6.04. The molecule has 0 aromatic heterocycles. The van der Waals surface area contributed by atoms with Gasteiger partial charge < -0.3 is 5.32 Å². The molecule has 2 aromatic carbocycles. The summed E-state index contributed by atoms with van der Waals surface area (Å²) in [5.74, 6) is -1.50. The molecule has 0 heterocycles. The molecule has 102 valence electrons. The van der Waals surface area contributed by atoms with Crippen molar-refractivity contribution in [2.24, 2.45) is 0 Å². The van der Waals surface area contributed by atoms with Crippen LogP contribution in [0.2, 0.25) is 0 Å². The van der Waals surface area contributed by atoms with E-state index in [9.17, 15) is 19.3 Å². The lowest BCUT2D eigenvalue weighted by atomic mass is 10.1. The van der Waals surface area contributed by atoms with Crippen molar-refractivity contribution < 1.29 is 14.1 Å². The first-order valence-electron chi connectivity index (χ1n) is 5.79. The Morgan fingerprint density at radius 1 is 1.20 bits per heavy atom. The van der Waals surface area contributed by atoms with Gasteiger partial charge in [-0.25, -0.2) is 0 Å². The molecule has 0 radical (unpaired) electrons. The van der Waals surface area contributed by atoms with E-state index in [2.05, 4.69) is 5.32 Å². The van der Waals surface area contributed by atoms with Crippen molar-refractivity contribution in [3.8, 4) is 0 Å². The molecule has 0 fully saturated rings. The van der Waals surface area contributed by atoms with Crippen LogP contribution in [-0.2, 0) is 0 Å². The minimum atomic E-state index is -0.970. The molecule has 0 saturated heterocycles. The van der Waals surface area contributed by atoms with Crippen molar-refractivity contribution in [2.45, 2.75) is 6.92 Å². The molecule has 5 nitrogen and oxygen atoms in total. The molecule has 20 heavy (non-hydrogen) atoms. The van der Waals surface area contributed by atoms with Crippen LogP contribution in [0.25, 0.3) is 0 Å². The maximum Gasteiger partial charge on any atom is 0.305 e. The fraction of sp³-hybridized carbons (Fsp3) is 0.0714. The van der Waals surface area contributed by atoms with Crippen LogP contribution in [0, 0.1) is 22.9 Å². The minimum absolute atomic E-state index is 0.0266. The average Bonchev–Trinajstić information content (AvgIpc) is 2.41. The van der Waals surface area contributed by atoms with Crippen molar-refractivity contribution >= 4 is 17.3 Å². The lowest BCUT2D eigenvalue weighted by Gasteiger charge is -2.05. The summed E-state index contributed by atoms with van der Waals surface area (Å²) in [4.78, 5) is 21.7. The van der Waals surface area contributed by atoms with Crippen LogP contribution in [0.1, 0.15) is 15.9 Å². The first-order valence-corrected chi connectivity index (χ1v) is 5.79. The zero-order chi connectivity index (χ0) is 14.7. The van der Waals surface area contributed by atoms with Crippen LogP contribution in [-0.4, -0.2) is 10.8 Å². The largest absolute Gasteiger partial charge is 0.322 e. The van der Waals surface area contributed by atoms with E-state index in [4.69, 9.17) is 0 Å². The van der Waals surface area contributed by atoms with E-state index in [0.29, 0.717) is 5.69 Å².